The molecule has 2 rings (SSSR count). The lowest BCUT2D eigenvalue weighted by molar-refractivity contribution is -0.137. The molecule has 2 N–H and O–H groups in total. The van der Waals surface area contributed by atoms with Gasteiger partial charge in [-0.2, -0.15) is 13.2 Å². The molecule has 116 valence electrons. The van der Waals surface area contributed by atoms with Gasteiger partial charge in [0.2, 0.25) is 5.91 Å². The third kappa shape index (κ3) is 4.35. The summed E-state index contributed by atoms with van der Waals surface area (Å²) in [7, 11) is 0. The molecule has 0 saturated heterocycles. The van der Waals surface area contributed by atoms with Gasteiger partial charge in [-0.15, -0.1) is 0 Å². The Bertz CT molecular complexity index is 505. The van der Waals surface area contributed by atoms with Gasteiger partial charge < -0.3 is 15.4 Å². The van der Waals surface area contributed by atoms with Crippen molar-refractivity contribution in [2.24, 2.45) is 0 Å². The lowest BCUT2D eigenvalue weighted by Crippen LogP contribution is -2.43. The minimum atomic E-state index is -4.39. The molecule has 2 atom stereocenters. The molecule has 1 heterocycles. The highest BCUT2D eigenvalue weighted by atomic mass is 19.4. The number of ether oxygens (including phenoxy) is 1. The molecule has 1 aromatic rings. The maximum atomic E-state index is 12.0. The molecule has 7 heteroatoms. The monoisotopic (exact) mass is 302 g/mol. The van der Waals surface area contributed by atoms with Crippen molar-refractivity contribution in [3.63, 3.8) is 0 Å². The van der Waals surface area contributed by atoms with Crippen LogP contribution in [-0.2, 0) is 4.79 Å². The number of carbonyl (C=O) groups is 1. The third-order valence-electron chi connectivity index (χ3n) is 3.41. The van der Waals surface area contributed by atoms with Gasteiger partial charge in [0.15, 0.2) is 0 Å². The zero-order valence-corrected chi connectivity index (χ0v) is 11.5. The lowest BCUT2D eigenvalue weighted by Gasteiger charge is -2.19. The molecule has 0 radical (unpaired) electrons. The van der Waals surface area contributed by atoms with Crippen molar-refractivity contribution in [3.05, 3.63) is 29.8 Å². The van der Waals surface area contributed by atoms with Gasteiger partial charge in [-0.1, -0.05) is 18.2 Å². The van der Waals surface area contributed by atoms with Crippen LogP contribution in [-0.4, -0.2) is 37.8 Å². The van der Waals surface area contributed by atoms with Crippen LogP contribution in [0.4, 0.5) is 13.2 Å². The predicted octanol–water partition coefficient (Wildman–Crippen LogP) is 1.82. The second kappa shape index (κ2) is 6.34. The van der Waals surface area contributed by atoms with Gasteiger partial charge in [-0.3, -0.25) is 4.79 Å². The van der Waals surface area contributed by atoms with E-state index in [-0.39, 0.29) is 18.5 Å². The quantitative estimate of drug-likeness (QED) is 0.872. The van der Waals surface area contributed by atoms with E-state index in [1.54, 1.807) is 0 Å². The van der Waals surface area contributed by atoms with Crippen LogP contribution in [0.5, 0.6) is 5.75 Å². The second-order valence-corrected chi connectivity index (χ2v) is 5.02. The number of alkyl halides is 3. The smallest absolute Gasteiger partial charge is 0.405 e. The first-order valence-electron chi connectivity index (χ1n) is 6.65. The van der Waals surface area contributed by atoms with Crippen molar-refractivity contribution >= 4 is 5.91 Å². The summed E-state index contributed by atoms with van der Waals surface area (Å²) in [6.07, 6.45) is -4.39. The zero-order valence-electron chi connectivity index (χ0n) is 11.5. The maximum absolute atomic E-state index is 12.0. The maximum Gasteiger partial charge on any atom is 0.405 e. The minimum absolute atomic E-state index is 0.0784. The summed E-state index contributed by atoms with van der Waals surface area (Å²) in [6, 6.07) is 7.53. The van der Waals surface area contributed by atoms with Crippen LogP contribution in [0.25, 0.3) is 0 Å². The molecule has 1 aliphatic rings. The molecule has 1 aliphatic heterocycles. The molecular formula is C14H17F3N2O2. The highest BCUT2D eigenvalue weighted by molar-refractivity contribution is 5.78. The van der Waals surface area contributed by atoms with E-state index in [2.05, 4.69) is 5.32 Å². The van der Waals surface area contributed by atoms with E-state index < -0.39 is 18.6 Å². The van der Waals surface area contributed by atoms with E-state index in [1.807, 2.05) is 36.5 Å². The molecule has 0 aliphatic carbocycles. The molecule has 21 heavy (non-hydrogen) atoms. The molecule has 4 nitrogen and oxygen atoms in total. The first-order valence-corrected chi connectivity index (χ1v) is 6.65. The van der Waals surface area contributed by atoms with Gasteiger partial charge in [0.05, 0.1) is 13.2 Å². The number of nitrogens with one attached hydrogen (secondary N) is 2. The van der Waals surface area contributed by atoms with Crippen molar-refractivity contribution in [2.75, 3.05) is 19.7 Å². The van der Waals surface area contributed by atoms with Crippen LogP contribution in [0.15, 0.2) is 24.3 Å². The fraction of sp³-hybridized carbons (Fsp3) is 0.500. The van der Waals surface area contributed by atoms with Crippen molar-refractivity contribution in [1.29, 1.82) is 0 Å². The number of benzene rings is 1. The molecule has 1 aromatic carbocycles. The minimum Gasteiger partial charge on any atom is -0.493 e. The van der Waals surface area contributed by atoms with E-state index >= 15 is 0 Å². The van der Waals surface area contributed by atoms with E-state index in [0.29, 0.717) is 6.61 Å². The average Bonchev–Trinajstić information content (AvgIpc) is 2.85. The van der Waals surface area contributed by atoms with Crippen LogP contribution in [0.3, 0.4) is 0 Å². The summed E-state index contributed by atoms with van der Waals surface area (Å²) in [5, 5.41) is 4.77. The standard InChI is InChI=1S/C14H17F3N2O2/c1-9(18-6-13(20)19-8-14(15,16)17)11-7-21-12-5-3-2-4-10(11)12/h2-5,9,11,18H,6-8H2,1H3,(H,19,20)/t9-,11-/m1/s1. The molecule has 0 fully saturated rings. The Labute approximate surface area is 120 Å². The number of halogens is 3. The number of fused-ring (bicyclic) bond motifs is 1. The van der Waals surface area contributed by atoms with E-state index in [0.717, 1.165) is 11.3 Å². The van der Waals surface area contributed by atoms with E-state index in [4.69, 9.17) is 4.74 Å². The molecular weight excluding hydrogens is 285 g/mol. The van der Waals surface area contributed by atoms with Crippen LogP contribution in [0, 0.1) is 0 Å². The van der Waals surface area contributed by atoms with Crippen molar-refractivity contribution in [1.82, 2.24) is 10.6 Å². The van der Waals surface area contributed by atoms with Crippen LogP contribution in [0.2, 0.25) is 0 Å². The van der Waals surface area contributed by atoms with Crippen LogP contribution in [0.1, 0.15) is 18.4 Å². The summed E-state index contributed by atoms with van der Waals surface area (Å²) in [5.74, 6) is 0.223. The summed E-state index contributed by atoms with van der Waals surface area (Å²) in [6.45, 7) is 0.915. The largest absolute Gasteiger partial charge is 0.493 e. The Kier molecular flexibility index (Phi) is 4.72. The summed E-state index contributed by atoms with van der Waals surface area (Å²) in [4.78, 5) is 11.3. The highest BCUT2D eigenvalue weighted by Gasteiger charge is 2.30. The first kappa shape index (κ1) is 15.6. The van der Waals surface area contributed by atoms with Gasteiger partial charge >= 0.3 is 6.18 Å². The number of para-hydroxylation sites is 1. The number of hydrogen-bond acceptors (Lipinski definition) is 3. The molecule has 0 bridgehead atoms. The SMILES string of the molecule is C[C@@H](NCC(=O)NCC(F)(F)F)[C@H]1COc2ccccc21. The van der Waals surface area contributed by atoms with Crippen molar-refractivity contribution in [3.8, 4) is 5.75 Å². The Morgan fingerprint density at radius 1 is 1.43 bits per heavy atom. The Morgan fingerprint density at radius 2 is 2.14 bits per heavy atom. The summed E-state index contributed by atoms with van der Waals surface area (Å²) < 4.78 is 41.5. The van der Waals surface area contributed by atoms with Gasteiger partial charge in [0.25, 0.3) is 0 Å². The van der Waals surface area contributed by atoms with Gasteiger partial charge in [-0.05, 0) is 13.0 Å². The lowest BCUT2D eigenvalue weighted by atomic mass is 9.94. The molecule has 0 spiro atoms. The van der Waals surface area contributed by atoms with E-state index in [1.165, 1.54) is 0 Å². The Balaban J connectivity index is 1.81. The van der Waals surface area contributed by atoms with Crippen LogP contribution >= 0.6 is 0 Å². The number of rotatable bonds is 5. The molecule has 0 unspecified atom stereocenters. The van der Waals surface area contributed by atoms with Crippen molar-refractivity contribution in [2.45, 2.75) is 25.1 Å². The van der Waals surface area contributed by atoms with Gasteiger partial charge in [0, 0.05) is 17.5 Å². The fourth-order valence-electron chi connectivity index (χ4n) is 2.26. The molecule has 0 saturated carbocycles. The zero-order chi connectivity index (χ0) is 15.5. The normalized spacial score (nSPS) is 18.8. The average molecular weight is 302 g/mol. The number of carbonyl (C=O) groups excluding carboxylic acids is 1. The third-order valence-corrected chi connectivity index (χ3v) is 3.41. The van der Waals surface area contributed by atoms with Crippen LogP contribution < -0.4 is 15.4 Å². The Hall–Kier alpha value is -1.76. The predicted molar refractivity (Wildman–Crippen MR) is 71.2 cm³/mol. The summed E-state index contributed by atoms with van der Waals surface area (Å²) in [5.41, 5.74) is 1.05. The second-order valence-electron chi connectivity index (χ2n) is 5.02. The van der Waals surface area contributed by atoms with E-state index in [9.17, 15) is 18.0 Å². The summed E-state index contributed by atoms with van der Waals surface area (Å²) >= 11 is 0. The molecule has 0 aromatic heterocycles. The van der Waals surface area contributed by atoms with Gasteiger partial charge in [0.1, 0.15) is 12.3 Å². The Morgan fingerprint density at radius 3 is 2.86 bits per heavy atom. The van der Waals surface area contributed by atoms with Gasteiger partial charge in [-0.25, -0.2) is 0 Å². The fourth-order valence-corrected chi connectivity index (χ4v) is 2.26. The first-order chi connectivity index (χ1) is 9.87. The van der Waals surface area contributed by atoms with Crippen molar-refractivity contribution < 1.29 is 22.7 Å². The molecule has 1 amide bonds. The highest BCUT2D eigenvalue weighted by Crippen LogP contribution is 2.35. The topological polar surface area (TPSA) is 50.4 Å². The number of amides is 1. The number of hydrogen-bond donors (Lipinski definition) is 2.